The molecule has 0 aromatic heterocycles. The van der Waals surface area contributed by atoms with Crippen LogP contribution in [0.2, 0.25) is 0 Å². The van der Waals surface area contributed by atoms with E-state index in [-0.39, 0.29) is 0 Å². The summed E-state index contributed by atoms with van der Waals surface area (Å²) in [5.74, 6) is 0. The van der Waals surface area contributed by atoms with Crippen LogP contribution in [0.15, 0.2) is 0 Å². The lowest BCUT2D eigenvalue weighted by molar-refractivity contribution is 0.0720. The van der Waals surface area contributed by atoms with Gasteiger partial charge in [-0.1, -0.05) is 13.3 Å². The van der Waals surface area contributed by atoms with E-state index in [1.165, 1.54) is 7.11 Å². The molecule has 0 heterocycles. The van der Waals surface area contributed by atoms with Gasteiger partial charge in [0, 0.05) is 0 Å². The molecule has 0 aromatic carbocycles. The van der Waals surface area contributed by atoms with Gasteiger partial charge >= 0.3 is 6.16 Å². The molecule has 0 atom stereocenters. The van der Waals surface area contributed by atoms with Crippen LogP contribution >= 0.6 is 0 Å². The van der Waals surface area contributed by atoms with Crippen molar-refractivity contribution in [3.63, 3.8) is 0 Å². The van der Waals surface area contributed by atoms with Crippen molar-refractivity contribution in [1.29, 1.82) is 0 Å². The molecule has 0 aliphatic rings. The topological polar surface area (TPSA) is 35.5 Å². The van der Waals surface area contributed by atoms with E-state index in [1.807, 2.05) is 0 Å². The summed E-state index contributed by atoms with van der Waals surface area (Å²) in [6.07, 6.45) is 0.940. The molecular formula is C6H11O3. The van der Waals surface area contributed by atoms with Gasteiger partial charge in [0.25, 0.3) is 0 Å². The maximum atomic E-state index is 10.2. The lowest BCUT2D eigenvalue weighted by Gasteiger charge is -1.99. The van der Waals surface area contributed by atoms with Crippen molar-refractivity contribution in [3.05, 3.63) is 6.92 Å². The smallest absolute Gasteiger partial charge is 0.438 e. The van der Waals surface area contributed by atoms with E-state index in [1.54, 1.807) is 0 Å². The van der Waals surface area contributed by atoms with Crippen LogP contribution < -0.4 is 0 Å². The quantitative estimate of drug-likeness (QED) is 0.429. The lowest BCUT2D eigenvalue weighted by Crippen LogP contribution is -2.04. The molecule has 0 amide bonds. The van der Waals surface area contributed by atoms with Crippen molar-refractivity contribution < 1.29 is 14.3 Å². The second-order valence-electron chi connectivity index (χ2n) is 1.51. The molecule has 0 N–H and O–H groups in total. The van der Waals surface area contributed by atoms with Gasteiger partial charge in [0.1, 0.15) is 0 Å². The van der Waals surface area contributed by atoms with Crippen LogP contribution in [0.1, 0.15) is 12.8 Å². The number of carbonyl (C=O) groups is 1. The molecule has 9 heavy (non-hydrogen) atoms. The highest BCUT2D eigenvalue weighted by molar-refractivity contribution is 5.59. The van der Waals surface area contributed by atoms with E-state index in [0.717, 1.165) is 12.8 Å². The zero-order chi connectivity index (χ0) is 7.11. The van der Waals surface area contributed by atoms with Crippen molar-refractivity contribution in [2.45, 2.75) is 12.8 Å². The summed E-state index contributed by atoms with van der Waals surface area (Å²) in [5, 5.41) is 0. The molecule has 3 nitrogen and oxygen atoms in total. The van der Waals surface area contributed by atoms with Crippen molar-refractivity contribution in [1.82, 2.24) is 0 Å². The van der Waals surface area contributed by atoms with Crippen molar-refractivity contribution >= 4 is 6.16 Å². The third-order valence-electron chi connectivity index (χ3n) is 0.781. The first-order chi connectivity index (χ1) is 4.31. The number of ether oxygens (including phenoxy) is 2. The Bertz CT molecular complexity index is 80.4. The van der Waals surface area contributed by atoms with Gasteiger partial charge in [-0.25, -0.2) is 4.79 Å². The standard InChI is InChI=1S/C6H11O3/c1-3-4-5-9-6(7)8-2/h1,3-5H2,2H3. The molecular weight excluding hydrogens is 120 g/mol. The Morgan fingerprint density at radius 3 is 2.78 bits per heavy atom. The highest BCUT2D eigenvalue weighted by atomic mass is 16.7. The van der Waals surface area contributed by atoms with Crippen LogP contribution in [0.25, 0.3) is 0 Å². The fourth-order valence-corrected chi connectivity index (χ4v) is 0.316. The van der Waals surface area contributed by atoms with Crippen LogP contribution in [0.3, 0.4) is 0 Å². The predicted octanol–water partition coefficient (Wildman–Crippen LogP) is 1.38. The number of hydrogen-bond donors (Lipinski definition) is 0. The van der Waals surface area contributed by atoms with Gasteiger partial charge in [0.05, 0.1) is 13.7 Å². The van der Waals surface area contributed by atoms with Crippen LogP contribution in [-0.4, -0.2) is 19.9 Å². The molecule has 0 saturated heterocycles. The van der Waals surface area contributed by atoms with E-state index in [9.17, 15) is 4.79 Å². The Balaban J connectivity index is 2.97. The average molecular weight is 131 g/mol. The third kappa shape index (κ3) is 5.14. The predicted molar refractivity (Wildman–Crippen MR) is 32.9 cm³/mol. The molecule has 0 saturated carbocycles. The largest absolute Gasteiger partial charge is 0.507 e. The Labute approximate surface area is 55.0 Å². The van der Waals surface area contributed by atoms with E-state index in [2.05, 4.69) is 16.4 Å². The second kappa shape index (κ2) is 5.41. The number of unbranched alkanes of at least 4 members (excludes halogenated alkanes) is 1. The first-order valence-electron chi connectivity index (χ1n) is 2.81. The van der Waals surface area contributed by atoms with Crippen LogP contribution in [-0.2, 0) is 9.47 Å². The number of carbonyl (C=O) groups excluding carboxylic acids is 1. The fraction of sp³-hybridized carbons (Fsp3) is 0.667. The fourth-order valence-electron chi connectivity index (χ4n) is 0.316. The van der Waals surface area contributed by atoms with Gasteiger partial charge in [-0.15, -0.1) is 0 Å². The van der Waals surface area contributed by atoms with Gasteiger partial charge < -0.3 is 9.47 Å². The molecule has 0 bridgehead atoms. The zero-order valence-corrected chi connectivity index (χ0v) is 5.55. The molecule has 0 spiro atoms. The SMILES string of the molecule is [CH2]CCCOC(=O)OC. The summed E-state index contributed by atoms with van der Waals surface area (Å²) < 4.78 is 8.75. The Morgan fingerprint density at radius 2 is 2.33 bits per heavy atom. The summed E-state index contributed by atoms with van der Waals surface area (Å²) in [7, 11) is 1.28. The van der Waals surface area contributed by atoms with E-state index in [4.69, 9.17) is 0 Å². The summed E-state index contributed by atoms with van der Waals surface area (Å²) in [5.41, 5.74) is 0. The molecule has 1 radical (unpaired) electrons. The molecule has 0 unspecified atom stereocenters. The summed E-state index contributed by atoms with van der Waals surface area (Å²) in [6.45, 7) is 3.98. The summed E-state index contributed by atoms with van der Waals surface area (Å²) in [4.78, 5) is 10.2. The normalized spacial score (nSPS) is 8.67. The maximum Gasteiger partial charge on any atom is 0.507 e. The van der Waals surface area contributed by atoms with Crippen molar-refractivity contribution in [3.8, 4) is 0 Å². The Morgan fingerprint density at radius 1 is 1.67 bits per heavy atom. The molecule has 0 fully saturated rings. The summed E-state index contributed by atoms with van der Waals surface area (Å²) in [6, 6.07) is 0. The highest BCUT2D eigenvalue weighted by Crippen LogP contribution is 1.88. The van der Waals surface area contributed by atoms with Crippen molar-refractivity contribution in [2.24, 2.45) is 0 Å². The molecule has 53 valence electrons. The molecule has 0 aliphatic carbocycles. The number of hydrogen-bond acceptors (Lipinski definition) is 3. The first-order valence-corrected chi connectivity index (χ1v) is 2.81. The summed E-state index contributed by atoms with van der Waals surface area (Å²) >= 11 is 0. The van der Waals surface area contributed by atoms with Gasteiger partial charge in [0.15, 0.2) is 0 Å². The minimum Gasteiger partial charge on any atom is -0.438 e. The van der Waals surface area contributed by atoms with Crippen molar-refractivity contribution in [2.75, 3.05) is 13.7 Å². The van der Waals surface area contributed by atoms with E-state index in [0.29, 0.717) is 6.61 Å². The molecule has 0 aliphatic heterocycles. The lowest BCUT2D eigenvalue weighted by atomic mass is 10.4. The minimum absolute atomic E-state index is 0.399. The minimum atomic E-state index is -0.622. The molecule has 3 heteroatoms. The Hall–Kier alpha value is -0.730. The average Bonchev–Trinajstić information content (AvgIpc) is 1.89. The van der Waals surface area contributed by atoms with E-state index >= 15 is 0 Å². The monoisotopic (exact) mass is 131 g/mol. The van der Waals surface area contributed by atoms with Gasteiger partial charge in [-0.3, -0.25) is 0 Å². The van der Waals surface area contributed by atoms with Crippen LogP contribution in [0.5, 0.6) is 0 Å². The maximum absolute atomic E-state index is 10.2. The molecule has 0 aromatic rings. The zero-order valence-electron chi connectivity index (χ0n) is 5.55. The highest BCUT2D eigenvalue weighted by Gasteiger charge is 1.96. The van der Waals surface area contributed by atoms with Crippen LogP contribution in [0, 0.1) is 6.92 Å². The van der Waals surface area contributed by atoms with Gasteiger partial charge in [0.2, 0.25) is 0 Å². The molecule has 0 rings (SSSR count). The van der Waals surface area contributed by atoms with Gasteiger partial charge in [-0.2, -0.15) is 0 Å². The van der Waals surface area contributed by atoms with E-state index < -0.39 is 6.16 Å². The second-order valence-corrected chi connectivity index (χ2v) is 1.51. The third-order valence-corrected chi connectivity index (χ3v) is 0.781. The first kappa shape index (κ1) is 8.27. The number of methoxy groups -OCH3 is 1. The van der Waals surface area contributed by atoms with Crippen LogP contribution in [0.4, 0.5) is 4.79 Å². The Kier molecular flexibility index (Phi) is 4.97. The van der Waals surface area contributed by atoms with Gasteiger partial charge in [-0.05, 0) is 6.42 Å². The number of rotatable bonds is 3.